The number of benzene rings is 1. The first kappa shape index (κ1) is 15.1. The quantitative estimate of drug-likeness (QED) is 0.684. The smallest absolute Gasteiger partial charge is 0.236 e. The minimum absolute atomic E-state index is 0.195. The van der Waals surface area contributed by atoms with E-state index in [0.717, 1.165) is 11.3 Å². The van der Waals surface area contributed by atoms with E-state index < -0.39 is 0 Å². The third-order valence-corrected chi connectivity index (χ3v) is 2.96. The van der Waals surface area contributed by atoms with Crippen LogP contribution >= 0.6 is 0 Å². The van der Waals surface area contributed by atoms with E-state index in [2.05, 4.69) is 17.1 Å². The fourth-order valence-electron chi connectivity index (χ4n) is 2.15. The molecule has 1 aliphatic rings. The third-order valence-electron chi connectivity index (χ3n) is 2.96. The molecule has 0 saturated heterocycles. The van der Waals surface area contributed by atoms with Gasteiger partial charge in [-0.25, -0.2) is 5.43 Å². The summed E-state index contributed by atoms with van der Waals surface area (Å²) in [4.78, 5) is 11.1. The van der Waals surface area contributed by atoms with Crippen LogP contribution in [0.3, 0.4) is 0 Å². The van der Waals surface area contributed by atoms with E-state index in [1.54, 1.807) is 6.08 Å². The van der Waals surface area contributed by atoms with Crippen molar-refractivity contribution in [3.8, 4) is 11.5 Å². The van der Waals surface area contributed by atoms with Crippen LogP contribution in [0.2, 0.25) is 0 Å². The van der Waals surface area contributed by atoms with E-state index in [1.807, 2.05) is 32.0 Å². The minimum atomic E-state index is -0.388. The van der Waals surface area contributed by atoms with Gasteiger partial charge in [-0.15, -0.1) is 0 Å². The third kappa shape index (κ3) is 3.84. The van der Waals surface area contributed by atoms with E-state index in [-0.39, 0.29) is 11.5 Å². The van der Waals surface area contributed by atoms with Crippen LogP contribution in [0.4, 0.5) is 0 Å². The Balaban J connectivity index is 2.35. The normalized spacial score (nSPS) is 17.6. The molecule has 0 bridgehead atoms. The summed E-state index contributed by atoms with van der Waals surface area (Å²) in [6, 6.07) is 5.58. The predicted octanol–water partition coefficient (Wildman–Crippen LogP) is 2.65. The van der Waals surface area contributed by atoms with Gasteiger partial charge in [0.05, 0.1) is 5.71 Å². The highest BCUT2D eigenvalue weighted by molar-refractivity contribution is 6.04. The van der Waals surface area contributed by atoms with Gasteiger partial charge in [0.2, 0.25) is 5.91 Å². The second-order valence-electron chi connectivity index (χ2n) is 5.52. The molecule has 5 heteroatoms. The number of hydrogen-bond acceptors (Lipinski definition) is 4. The van der Waals surface area contributed by atoms with Gasteiger partial charge in [0.15, 0.2) is 0 Å². The van der Waals surface area contributed by atoms with Gasteiger partial charge in [0.25, 0.3) is 0 Å². The molecule has 1 heterocycles. The van der Waals surface area contributed by atoms with Gasteiger partial charge in [-0.2, -0.15) is 5.10 Å². The van der Waals surface area contributed by atoms with Crippen LogP contribution in [0.25, 0.3) is 0 Å². The molecule has 0 radical (unpaired) electrons. The first-order valence-corrected chi connectivity index (χ1v) is 6.81. The van der Waals surface area contributed by atoms with Gasteiger partial charge in [0.1, 0.15) is 23.7 Å². The summed E-state index contributed by atoms with van der Waals surface area (Å²) in [6.07, 6.45) is 2.31. The van der Waals surface area contributed by atoms with E-state index in [9.17, 15) is 4.79 Å². The lowest BCUT2D eigenvalue weighted by Crippen LogP contribution is -2.37. The van der Waals surface area contributed by atoms with Gasteiger partial charge in [-0.1, -0.05) is 12.7 Å². The number of nitrogens with zero attached hydrogens (tertiary/aromatic N) is 1. The SMILES string of the molecule is C=CCOc1ccc2c(c1)OC(C)(C)CC2=NNC(C)=O. The molecule has 0 aromatic heterocycles. The first-order chi connectivity index (χ1) is 9.91. The van der Waals surface area contributed by atoms with Crippen molar-refractivity contribution >= 4 is 11.6 Å². The van der Waals surface area contributed by atoms with Crippen LogP contribution < -0.4 is 14.9 Å². The van der Waals surface area contributed by atoms with Crippen molar-refractivity contribution in [1.29, 1.82) is 0 Å². The Bertz CT molecular complexity index is 591. The summed E-state index contributed by atoms with van der Waals surface area (Å²) in [7, 11) is 0. The number of rotatable bonds is 4. The zero-order chi connectivity index (χ0) is 15.5. The van der Waals surface area contributed by atoms with E-state index >= 15 is 0 Å². The van der Waals surface area contributed by atoms with Crippen LogP contribution in [0.15, 0.2) is 36.0 Å². The Morgan fingerprint density at radius 2 is 2.33 bits per heavy atom. The monoisotopic (exact) mass is 288 g/mol. The van der Waals surface area contributed by atoms with Crippen molar-refractivity contribution in [2.24, 2.45) is 5.10 Å². The number of hydrazone groups is 1. The van der Waals surface area contributed by atoms with E-state index in [1.165, 1.54) is 6.92 Å². The van der Waals surface area contributed by atoms with Crippen LogP contribution in [0, 0.1) is 0 Å². The molecule has 1 amide bonds. The molecule has 0 fully saturated rings. The lowest BCUT2D eigenvalue weighted by Gasteiger charge is -2.33. The molecule has 0 unspecified atom stereocenters. The molecular formula is C16H20N2O3. The lowest BCUT2D eigenvalue weighted by molar-refractivity contribution is -0.118. The number of amides is 1. The van der Waals surface area contributed by atoms with E-state index in [0.29, 0.717) is 24.5 Å². The molecule has 1 aromatic rings. The van der Waals surface area contributed by atoms with Crippen LogP contribution in [0.5, 0.6) is 11.5 Å². The minimum Gasteiger partial charge on any atom is -0.489 e. The Labute approximate surface area is 124 Å². The van der Waals surface area contributed by atoms with Crippen molar-refractivity contribution in [2.75, 3.05) is 6.61 Å². The van der Waals surface area contributed by atoms with E-state index in [4.69, 9.17) is 9.47 Å². The molecule has 21 heavy (non-hydrogen) atoms. The second kappa shape index (κ2) is 5.99. The molecule has 112 valence electrons. The lowest BCUT2D eigenvalue weighted by atomic mass is 9.92. The summed E-state index contributed by atoms with van der Waals surface area (Å²) >= 11 is 0. The fraction of sp³-hybridized carbons (Fsp3) is 0.375. The Morgan fingerprint density at radius 1 is 1.57 bits per heavy atom. The van der Waals surface area contributed by atoms with Gasteiger partial charge >= 0.3 is 0 Å². The number of carbonyl (C=O) groups is 1. The zero-order valence-electron chi connectivity index (χ0n) is 12.6. The maximum atomic E-state index is 11.1. The Hall–Kier alpha value is -2.30. The summed E-state index contributed by atoms with van der Waals surface area (Å²) in [5.41, 5.74) is 3.77. The van der Waals surface area contributed by atoms with Gasteiger partial charge in [0, 0.05) is 25.0 Å². The van der Waals surface area contributed by atoms with Crippen LogP contribution in [-0.2, 0) is 4.79 Å². The molecule has 1 aliphatic heterocycles. The molecule has 0 aliphatic carbocycles. The maximum Gasteiger partial charge on any atom is 0.236 e. The maximum absolute atomic E-state index is 11.1. The predicted molar refractivity (Wildman–Crippen MR) is 81.8 cm³/mol. The van der Waals surface area contributed by atoms with Gasteiger partial charge in [-0.3, -0.25) is 4.79 Å². The average Bonchev–Trinajstić information content (AvgIpc) is 2.40. The van der Waals surface area contributed by atoms with Gasteiger partial charge < -0.3 is 9.47 Å². The molecule has 1 aromatic carbocycles. The number of nitrogens with one attached hydrogen (secondary N) is 1. The number of ether oxygens (including phenoxy) is 2. The molecule has 0 saturated carbocycles. The Kier molecular flexibility index (Phi) is 4.31. The highest BCUT2D eigenvalue weighted by Crippen LogP contribution is 2.35. The molecule has 5 nitrogen and oxygen atoms in total. The zero-order valence-corrected chi connectivity index (χ0v) is 12.6. The summed E-state index contributed by atoms with van der Waals surface area (Å²) in [5.74, 6) is 1.22. The van der Waals surface area contributed by atoms with Crippen molar-refractivity contribution in [3.05, 3.63) is 36.4 Å². The van der Waals surface area contributed by atoms with Crippen molar-refractivity contribution in [1.82, 2.24) is 5.43 Å². The molecule has 2 rings (SSSR count). The summed E-state index contributed by atoms with van der Waals surface area (Å²) in [5, 5.41) is 4.19. The Morgan fingerprint density at radius 3 is 3.00 bits per heavy atom. The average molecular weight is 288 g/mol. The standard InChI is InChI=1S/C16H20N2O3/c1-5-8-20-12-6-7-13-14(18-17-11(2)19)10-16(3,4)21-15(13)9-12/h5-7,9H,1,8,10H2,2-4H3,(H,17,19). The first-order valence-electron chi connectivity index (χ1n) is 6.81. The van der Waals surface area contributed by atoms with Crippen molar-refractivity contribution < 1.29 is 14.3 Å². The number of fused-ring (bicyclic) bond motifs is 1. The topological polar surface area (TPSA) is 59.9 Å². The van der Waals surface area contributed by atoms with Crippen molar-refractivity contribution in [3.63, 3.8) is 0 Å². The van der Waals surface area contributed by atoms with Gasteiger partial charge in [-0.05, 0) is 26.0 Å². The summed E-state index contributed by atoms with van der Waals surface area (Å²) < 4.78 is 11.5. The van der Waals surface area contributed by atoms with Crippen LogP contribution in [-0.4, -0.2) is 23.8 Å². The molecule has 0 atom stereocenters. The highest BCUT2D eigenvalue weighted by atomic mass is 16.5. The van der Waals surface area contributed by atoms with Crippen molar-refractivity contribution in [2.45, 2.75) is 32.8 Å². The second-order valence-corrected chi connectivity index (χ2v) is 5.52. The number of carbonyl (C=O) groups excluding carboxylic acids is 1. The fourth-order valence-corrected chi connectivity index (χ4v) is 2.15. The molecular weight excluding hydrogens is 268 g/mol. The molecule has 1 N–H and O–H groups in total. The number of hydrogen-bond donors (Lipinski definition) is 1. The highest BCUT2D eigenvalue weighted by Gasteiger charge is 2.31. The molecule has 0 spiro atoms. The largest absolute Gasteiger partial charge is 0.489 e. The summed E-state index contributed by atoms with van der Waals surface area (Å²) in [6.45, 7) is 9.46. The van der Waals surface area contributed by atoms with Crippen LogP contribution in [0.1, 0.15) is 32.8 Å².